The first kappa shape index (κ1) is 14.8. The first-order valence-corrected chi connectivity index (χ1v) is 7.52. The van der Waals surface area contributed by atoms with Gasteiger partial charge < -0.3 is 14.6 Å². The van der Waals surface area contributed by atoms with Gasteiger partial charge in [-0.2, -0.15) is 0 Å². The number of rotatable bonds is 4. The maximum Gasteiger partial charge on any atom is 0.308 e. The van der Waals surface area contributed by atoms with Crippen LogP contribution in [0.4, 0.5) is 0 Å². The third kappa shape index (κ3) is 3.27. The molecule has 20 heavy (non-hydrogen) atoms. The van der Waals surface area contributed by atoms with Gasteiger partial charge in [0.1, 0.15) is 0 Å². The second-order valence-electron chi connectivity index (χ2n) is 5.06. The molecule has 1 N–H and O–H groups in total. The van der Waals surface area contributed by atoms with Crippen LogP contribution >= 0.6 is 11.3 Å². The van der Waals surface area contributed by atoms with Crippen molar-refractivity contribution < 1.29 is 14.7 Å². The van der Waals surface area contributed by atoms with E-state index >= 15 is 0 Å². The van der Waals surface area contributed by atoms with Crippen LogP contribution in [0.2, 0.25) is 0 Å². The number of aryl methyl sites for hydroxylation is 1. The first-order chi connectivity index (χ1) is 9.49. The average Bonchev–Trinajstić information content (AvgIpc) is 2.75. The van der Waals surface area contributed by atoms with Gasteiger partial charge in [0.25, 0.3) is 0 Å². The van der Waals surface area contributed by atoms with E-state index in [1.54, 1.807) is 14.8 Å². The lowest BCUT2D eigenvalue weighted by Crippen LogP contribution is -2.42. The Morgan fingerprint density at radius 1 is 1.50 bits per heavy atom. The van der Waals surface area contributed by atoms with Crippen molar-refractivity contribution >= 4 is 23.2 Å². The molecule has 2 heterocycles. The van der Waals surface area contributed by atoms with E-state index in [2.05, 4.69) is 0 Å². The molecule has 1 aliphatic rings. The Labute approximate surface area is 120 Å². The molecule has 0 saturated carbocycles. The number of amides is 1. The van der Waals surface area contributed by atoms with Gasteiger partial charge in [0.2, 0.25) is 5.91 Å². The van der Waals surface area contributed by atoms with Gasteiger partial charge >= 0.3 is 10.8 Å². The quantitative estimate of drug-likeness (QED) is 0.897. The molecule has 110 valence electrons. The fourth-order valence-corrected chi connectivity index (χ4v) is 3.21. The van der Waals surface area contributed by atoms with Crippen LogP contribution in [-0.4, -0.2) is 39.5 Å². The number of likely N-dealkylation sites (tertiary alicyclic amines) is 1. The predicted molar refractivity (Wildman–Crippen MR) is 74.9 cm³/mol. The van der Waals surface area contributed by atoms with Crippen molar-refractivity contribution in [3.63, 3.8) is 0 Å². The number of piperidine rings is 1. The van der Waals surface area contributed by atoms with Crippen molar-refractivity contribution in [2.75, 3.05) is 13.1 Å². The summed E-state index contributed by atoms with van der Waals surface area (Å²) in [4.78, 5) is 36.2. The normalized spacial score (nSPS) is 19.1. The van der Waals surface area contributed by atoms with Crippen molar-refractivity contribution in [2.24, 2.45) is 5.92 Å². The maximum absolute atomic E-state index is 12.1. The van der Waals surface area contributed by atoms with Gasteiger partial charge in [-0.05, 0) is 19.8 Å². The molecule has 0 aromatic carbocycles. The van der Waals surface area contributed by atoms with Crippen LogP contribution in [0, 0.1) is 12.8 Å². The Morgan fingerprint density at radius 2 is 2.25 bits per heavy atom. The molecule has 0 aliphatic carbocycles. The summed E-state index contributed by atoms with van der Waals surface area (Å²) in [5.74, 6) is -1.38. The summed E-state index contributed by atoms with van der Waals surface area (Å²) in [5, 5.41) is 10.8. The predicted octanol–water partition coefficient (Wildman–Crippen LogP) is 0.932. The van der Waals surface area contributed by atoms with Crippen LogP contribution < -0.4 is 4.87 Å². The van der Waals surface area contributed by atoms with E-state index in [0.717, 1.165) is 23.5 Å². The fraction of sp³-hybridized carbons (Fsp3) is 0.615. The Balaban J connectivity index is 1.92. The van der Waals surface area contributed by atoms with Crippen LogP contribution in [0.15, 0.2) is 10.2 Å². The molecule has 1 atom stereocenters. The van der Waals surface area contributed by atoms with Gasteiger partial charge in [0.15, 0.2) is 0 Å². The third-order valence-electron chi connectivity index (χ3n) is 3.65. The van der Waals surface area contributed by atoms with Crippen LogP contribution in [0.25, 0.3) is 0 Å². The smallest absolute Gasteiger partial charge is 0.308 e. The highest BCUT2D eigenvalue weighted by molar-refractivity contribution is 7.07. The van der Waals surface area contributed by atoms with Crippen molar-refractivity contribution in [1.29, 1.82) is 0 Å². The first-order valence-electron chi connectivity index (χ1n) is 6.64. The highest BCUT2D eigenvalue weighted by Crippen LogP contribution is 2.17. The number of aliphatic carboxylic acids is 1. The summed E-state index contributed by atoms with van der Waals surface area (Å²) in [5.41, 5.74) is 0.856. The monoisotopic (exact) mass is 298 g/mol. The Morgan fingerprint density at radius 3 is 2.85 bits per heavy atom. The Bertz CT molecular complexity index is 563. The van der Waals surface area contributed by atoms with Crippen LogP contribution in [0.3, 0.4) is 0 Å². The molecule has 7 heteroatoms. The molecular formula is C13H18N2O4S. The summed E-state index contributed by atoms with van der Waals surface area (Å²) in [7, 11) is 0. The third-order valence-corrected chi connectivity index (χ3v) is 4.53. The number of thiazole rings is 1. The number of aromatic nitrogens is 1. The van der Waals surface area contributed by atoms with E-state index in [1.165, 1.54) is 0 Å². The molecule has 0 radical (unpaired) electrons. The van der Waals surface area contributed by atoms with Gasteiger partial charge in [0, 0.05) is 37.1 Å². The van der Waals surface area contributed by atoms with Crippen LogP contribution in [0.1, 0.15) is 25.0 Å². The molecule has 6 nitrogen and oxygen atoms in total. The average molecular weight is 298 g/mol. The summed E-state index contributed by atoms with van der Waals surface area (Å²) < 4.78 is 1.58. The number of nitrogens with zero attached hydrogens (tertiary/aromatic N) is 2. The molecule has 1 amide bonds. The molecular weight excluding hydrogens is 280 g/mol. The molecule has 1 unspecified atom stereocenters. The van der Waals surface area contributed by atoms with Gasteiger partial charge in [-0.15, -0.1) is 0 Å². The lowest BCUT2D eigenvalue weighted by atomic mass is 9.98. The number of hydrogen-bond acceptors (Lipinski definition) is 4. The molecule has 1 aromatic heterocycles. The zero-order valence-corrected chi connectivity index (χ0v) is 12.2. The summed E-state index contributed by atoms with van der Waals surface area (Å²) in [6.45, 7) is 3.09. The summed E-state index contributed by atoms with van der Waals surface area (Å²) in [6, 6.07) is 0. The van der Waals surface area contributed by atoms with E-state index in [-0.39, 0.29) is 23.7 Å². The topological polar surface area (TPSA) is 79.6 Å². The lowest BCUT2D eigenvalue weighted by Gasteiger charge is -2.30. The van der Waals surface area contributed by atoms with E-state index in [1.807, 2.05) is 6.92 Å². The largest absolute Gasteiger partial charge is 0.481 e. The van der Waals surface area contributed by atoms with Gasteiger partial charge in [-0.25, -0.2) is 0 Å². The Kier molecular flexibility index (Phi) is 4.59. The number of carboxylic acids is 1. The molecule has 1 fully saturated rings. The lowest BCUT2D eigenvalue weighted by molar-refractivity contribution is -0.145. The zero-order valence-electron chi connectivity index (χ0n) is 11.4. The summed E-state index contributed by atoms with van der Waals surface area (Å²) >= 11 is 1.13. The van der Waals surface area contributed by atoms with Gasteiger partial charge in [0.05, 0.1) is 5.92 Å². The highest BCUT2D eigenvalue weighted by atomic mass is 32.1. The summed E-state index contributed by atoms with van der Waals surface area (Å²) in [6.07, 6.45) is 1.59. The number of carbonyl (C=O) groups is 2. The number of hydrogen-bond donors (Lipinski definition) is 1. The van der Waals surface area contributed by atoms with E-state index in [4.69, 9.17) is 5.11 Å². The van der Waals surface area contributed by atoms with E-state index in [0.29, 0.717) is 19.5 Å². The molecule has 0 spiro atoms. The maximum atomic E-state index is 12.1. The van der Waals surface area contributed by atoms with Crippen LogP contribution in [0.5, 0.6) is 0 Å². The van der Waals surface area contributed by atoms with Gasteiger partial charge in [-0.3, -0.25) is 14.4 Å². The second-order valence-corrected chi connectivity index (χ2v) is 5.88. The molecule has 1 aliphatic heterocycles. The minimum absolute atomic E-state index is 0.0580. The number of carboxylic acid groups (broad SMARTS) is 1. The minimum Gasteiger partial charge on any atom is -0.481 e. The van der Waals surface area contributed by atoms with Crippen molar-refractivity contribution in [1.82, 2.24) is 9.47 Å². The fourth-order valence-electron chi connectivity index (χ4n) is 2.45. The zero-order chi connectivity index (χ0) is 14.7. The minimum atomic E-state index is -0.840. The Hall–Kier alpha value is -1.63. The SMILES string of the molecule is Cc1csc(=O)n1CCC(=O)N1CCCC(C(=O)O)C1. The highest BCUT2D eigenvalue weighted by Gasteiger charge is 2.27. The molecule has 2 rings (SSSR count). The van der Waals surface area contributed by atoms with Crippen LogP contribution in [-0.2, 0) is 16.1 Å². The van der Waals surface area contributed by atoms with Crippen molar-refractivity contribution in [2.45, 2.75) is 32.7 Å². The van der Waals surface area contributed by atoms with E-state index in [9.17, 15) is 14.4 Å². The van der Waals surface area contributed by atoms with Crippen molar-refractivity contribution in [3.8, 4) is 0 Å². The van der Waals surface area contributed by atoms with Gasteiger partial charge in [-0.1, -0.05) is 11.3 Å². The molecule has 1 aromatic rings. The molecule has 0 bridgehead atoms. The molecule has 1 saturated heterocycles. The van der Waals surface area contributed by atoms with Crippen molar-refractivity contribution in [3.05, 3.63) is 20.7 Å². The number of carbonyl (C=O) groups excluding carboxylic acids is 1. The standard InChI is InChI=1S/C13H18N2O4S/c1-9-8-20-13(19)15(9)6-4-11(16)14-5-2-3-10(7-14)12(17)18/h8,10H,2-7H2,1H3,(H,17,18). The van der Waals surface area contributed by atoms with E-state index < -0.39 is 11.9 Å². The second kappa shape index (κ2) is 6.21.